The Morgan fingerprint density at radius 3 is 2.82 bits per heavy atom. The van der Waals surface area contributed by atoms with Gasteiger partial charge in [-0.2, -0.15) is 0 Å². The molecule has 0 aliphatic heterocycles. The van der Waals surface area contributed by atoms with E-state index in [1.54, 1.807) is 18.5 Å². The zero-order valence-corrected chi connectivity index (χ0v) is 12.5. The molecule has 6 heteroatoms. The highest BCUT2D eigenvalue weighted by molar-refractivity contribution is 5.88. The topological polar surface area (TPSA) is 92.9 Å². The molecule has 1 aliphatic rings. The van der Waals surface area contributed by atoms with Gasteiger partial charge in [-0.15, -0.1) is 0 Å². The zero-order chi connectivity index (χ0) is 15.5. The van der Waals surface area contributed by atoms with Crippen molar-refractivity contribution in [2.24, 2.45) is 5.92 Å². The van der Waals surface area contributed by atoms with Crippen LogP contribution in [0.15, 0.2) is 30.6 Å². The number of aromatic nitrogens is 2. The molecule has 2 aromatic heterocycles. The first-order chi connectivity index (χ1) is 10.6. The third-order valence-electron chi connectivity index (χ3n) is 3.57. The van der Waals surface area contributed by atoms with Gasteiger partial charge in [0, 0.05) is 31.4 Å². The molecular weight excluding hydrogens is 278 g/mol. The molecule has 6 nitrogen and oxygen atoms in total. The molecule has 0 bridgehead atoms. The number of pyridine rings is 2. The molecule has 1 saturated carbocycles. The minimum absolute atomic E-state index is 0.151. The van der Waals surface area contributed by atoms with Gasteiger partial charge < -0.3 is 16.4 Å². The Morgan fingerprint density at radius 1 is 1.32 bits per heavy atom. The number of nitrogens with one attached hydrogen (secondary N) is 2. The van der Waals surface area contributed by atoms with Crippen LogP contribution in [0, 0.1) is 5.92 Å². The number of nitrogens with zero attached hydrogens (tertiary/aromatic N) is 2. The van der Waals surface area contributed by atoms with Crippen LogP contribution >= 0.6 is 0 Å². The van der Waals surface area contributed by atoms with E-state index in [2.05, 4.69) is 20.6 Å². The standard InChI is InChI=1S/C16H19N5O/c1-10(22)21-15-7-12(4-5-18-15)13-6-14(17)16(20-9-13)19-8-11-2-3-11/h4-7,9,11H,2-3,8,17H2,1H3,(H,19,20)(H,18,21,22). The molecule has 114 valence electrons. The monoisotopic (exact) mass is 297 g/mol. The minimum atomic E-state index is -0.151. The lowest BCUT2D eigenvalue weighted by molar-refractivity contribution is -0.114. The molecule has 2 aromatic rings. The highest BCUT2D eigenvalue weighted by Gasteiger charge is 2.21. The number of hydrogen-bond donors (Lipinski definition) is 3. The van der Waals surface area contributed by atoms with E-state index in [0.717, 1.165) is 29.4 Å². The molecule has 0 radical (unpaired) electrons. The molecular formula is C16H19N5O. The molecule has 22 heavy (non-hydrogen) atoms. The predicted molar refractivity (Wildman–Crippen MR) is 87.4 cm³/mol. The lowest BCUT2D eigenvalue weighted by Crippen LogP contribution is -2.08. The quantitative estimate of drug-likeness (QED) is 0.788. The number of anilines is 3. The Bertz CT molecular complexity index is 697. The van der Waals surface area contributed by atoms with Crippen LogP contribution in [-0.2, 0) is 4.79 Å². The first-order valence-electron chi connectivity index (χ1n) is 7.35. The van der Waals surface area contributed by atoms with Gasteiger partial charge in [-0.05, 0) is 42.5 Å². The summed E-state index contributed by atoms with van der Waals surface area (Å²) in [5.41, 5.74) is 8.50. The van der Waals surface area contributed by atoms with Crippen molar-refractivity contribution in [3.8, 4) is 11.1 Å². The van der Waals surface area contributed by atoms with E-state index in [1.807, 2.05) is 12.1 Å². The second-order valence-corrected chi connectivity index (χ2v) is 5.60. The highest BCUT2D eigenvalue weighted by Crippen LogP contribution is 2.30. The van der Waals surface area contributed by atoms with Crippen LogP contribution in [-0.4, -0.2) is 22.4 Å². The fourth-order valence-corrected chi connectivity index (χ4v) is 2.21. The van der Waals surface area contributed by atoms with Crippen LogP contribution in [0.1, 0.15) is 19.8 Å². The van der Waals surface area contributed by atoms with Gasteiger partial charge in [-0.25, -0.2) is 9.97 Å². The van der Waals surface area contributed by atoms with Crippen LogP contribution in [0.3, 0.4) is 0 Å². The predicted octanol–water partition coefficient (Wildman–Crippen LogP) is 2.51. The van der Waals surface area contributed by atoms with Crippen LogP contribution < -0.4 is 16.4 Å². The van der Waals surface area contributed by atoms with E-state index < -0.39 is 0 Å². The molecule has 4 N–H and O–H groups in total. The van der Waals surface area contributed by atoms with E-state index in [9.17, 15) is 4.79 Å². The Labute approximate surface area is 129 Å². The van der Waals surface area contributed by atoms with Crippen molar-refractivity contribution in [2.45, 2.75) is 19.8 Å². The maximum Gasteiger partial charge on any atom is 0.222 e. The van der Waals surface area contributed by atoms with Crippen molar-refractivity contribution < 1.29 is 4.79 Å². The average molecular weight is 297 g/mol. The maximum atomic E-state index is 11.1. The van der Waals surface area contributed by atoms with Gasteiger partial charge in [0.05, 0.1) is 5.69 Å². The second kappa shape index (κ2) is 6.01. The highest BCUT2D eigenvalue weighted by atomic mass is 16.1. The average Bonchev–Trinajstić information content (AvgIpc) is 3.30. The summed E-state index contributed by atoms with van der Waals surface area (Å²) in [6.07, 6.45) is 6.00. The molecule has 3 rings (SSSR count). The first kappa shape index (κ1) is 14.3. The summed E-state index contributed by atoms with van der Waals surface area (Å²) < 4.78 is 0. The smallest absolute Gasteiger partial charge is 0.222 e. The van der Waals surface area contributed by atoms with E-state index in [4.69, 9.17) is 5.73 Å². The molecule has 1 amide bonds. The molecule has 1 fully saturated rings. The zero-order valence-electron chi connectivity index (χ0n) is 12.5. The summed E-state index contributed by atoms with van der Waals surface area (Å²) in [5.74, 6) is 1.86. The summed E-state index contributed by atoms with van der Waals surface area (Å²) in [6.45, 7) is 2.38. The van der Waals surface area contributed by atoms with Gasteiger partial charge in [0.25, 0.3) is 0 Å². The van der Waals surface area contributed by atoms with Gasteiger partial charge >= 0.3 is 0 Å². The number of carbonyl (C=O) groups excluding carboxylic acids is 1. The SMILES string of the molecule is CC(=O)Nc1cc(-c2cnc(NCC3CC3)c(N)c2)ccn1. The van der Waals surface area contributed by atoms with E-state index in [-0.39, 0.29) is 5.91 Å². The molecule has 0 spiro atoms. The molecule has 0 atom stereocenters. The van der Waals surface area contributed by atoms with Crippen molar-refractivity contribution in [1.29, 1.82) is 0 Å². The van der Waals surface area contributed by atoms with Crippen molar-refractivity contribution in [1.82, 2.24) is 9.97 Å². The normalized spacial score (nSPS) is 13.7. The fourth-order valence-electron chi connectivity index (χ4n) is 2.21. The fraction of sp³-hybridized carbons (Fsp3) is 0.312. The Hall–Kier alpha value is -2.63. The van der Waals surface area contributed by atoms with Gasteiger partial charge in [0.1, 0.15) is 11.6 Å². The molecule has 0 unspecified atom stereocenters. The van der Waals surface area contributed by atoms with Crippen molar-refractivity contribution in [2.75, 3.05) is 22.9 Å². The van der Waals surface area contributed by atoms with Crippen LogP contribution in [0.25, 0.3) is 11.1 Å². The lowest BCUT2D eigenvalue weighted by atomic mass is 10.1. The van der Waals surface area contributed by atoms with Crippen LogP contribution in [0.2, 0.25) is 0 Å². The van der Waals surface area contributed by atoms with E-state index in [0.29, 0.717) is 11.5 Å². The first-order valence-corrected chi connectivity index (χ1v) is 7.35. The van der Waals surface area contributed by atoms with Gasteiger partial charge in [0.2, 0.25) is 5.91 Å². The Kier molecular flexibility index (Phi) is 3.91. The van der Waals surface area contributed by atoms with E-state index in [1.165, 1.54) is 19.8 Å². The number of nitrogens with two attached hydrogens (primary N) is 1. The van der Waals surface area contributed by atoms with Gasteiger partial charge in [0.15, 0.2) is 0 Å². The number of carbonyl (C=O) groups is 1. The molecule has 0 saturated heterocycles. The van der Waals surface area contributed by atoms with E-state index >= 15 is 0 Å². The summed E-state index contributed by atoms with van der Waals surface area (Å²) in [7, 11) is 0. The third-order valence-corrected chi connectivity index (χ3v) is 3.57. The maximum absolute atomic E-state index is 11.1. The summed E-state index contributed by atoms with van der Waals surface area (Å²) in [5, 5.41) is 5.95. The molecule has 2 heterocycles. The van der Waals surface area contributed by atoms with Crippen molar-refractivity contribution >= 4 is 23.2 Å². The van der Waals surface area contributed by atoms with Crippen LogP contribution in [0.5, 0.6) is 0 Å². The van der Waals surface area contributed by atoms with Gasteiger partial charge in [-0.3, -0.25) is 4.79 Å². The minimum Gasteiger partial charge on any atom is -0.396 e. The number of hydrogen-bond acceptors (Lipinski definition) is 5. The molecule has 1 aliphatic carbocycles. The third kappa shape index (κ3) is 3.52. The number of amides is 1. The Balaban J connectivity index is 1.78. The van der Waals surface area contributed by atoms with Gasteiger partial charge in [-0.1, -0.05) is 0 Å². The second-order valence-electron chi connectivity index (χ2n) is 5.60. The number of rotatable bonds is 5. The molecule has 0 aromatic carbocycles. The largest absolute Gasteiger partial charge is 0.396 e. The van der Waals surface area contributed by atoms with Crippen molar-refractivity contribution in [3.63, 3.8) is 0 Å². The summed E-state index contributed by atoms with van der Waals surface area (Å²) >= 11 is 0. The Morgan fingerprint density at radius 2 is 2.14 bits per heavy atom. The summed E-state index contributed by atoms with van der Waals surface area (Å²) in [6, 6.07) is 5.54. The summed E-state index contributed by atoms with van der Waals surface area (Å²) in [4.78, 5) is 19.6. The lowest BCUT2D eigenvalue weighted by Gasteiger charge is -2.10. The van der Waals surface area contributed by atoms with Crippen LogP contribution in [0.4, 0.5) is 17.3 Å². The number of nitrogen functional groups attached to an aromatic ring is 1. The van der Waals surface area contributed by atoms with Crippen molar-refractivity contribution in [3.05, 3.63) is 30.6 Å².